The van der Waals surface area contributed by atoms with Crippen molar-refractivity contribution in [2.45, 2.75) is 19.4 Å². The third-order valence-corrected chi connectivity index (χ3v) is 2.92. The van der Waals surface area contributed by atoms with Crippen LogP contribution >= 0.6 is 0 Å². The second-order valence-corrected chi connectivity index (χ2v) is 4.19. The van der Waals surface area contributed by atoms with Gasteiger partial charge < -0.3 is 5.32 Å². The van der Waals surface area contributed by atoms with E-state index in [0.717, 1.165) is 12.0 Å². The van der Waals surface area contributed by atoms with Crippen LogP contribution in [0.5, 0.6) is 0 Å². The standard InChI is InChI=1S/C15H15FN2O/c1-2-13(11-7-4-3-5-8-11)18-15(19)12-9-6-10-17-14(12)16/h3-10,13H,2H2,1H3,(H,18,19). The molecular formula is C15H15FN2O. The van der Waals surface area contributed by atoms with Gasteiger partial charge in [-0.3, -0.25) is 4.79 Å². The van der Waals surface area contributed by atoms with E-state index in [1.165, 1.54) is 12.3 Å². The minimum absolute atomic E-state index is 0.0307. The molecule has 0 saturated heterocycles. The number of halogens is 1. The molecule has 0 aliphatic rings. The van der Waals surface area contributed by atoms with Crippen LogP contribution in [0.25, 0.3) is 0 Å². The highest BCUT2D eigenvalue weighted by Gasteiger charge is 2.16. The first-order valence-electron chi connectivity index (χ1n) is 6.18. The fourth-order valence-electron chi connectivity index (χ4n) is 1.90. The molecule has 0 radical (unpaired) electrons. The molecule has 1 atom stereocenters. The van der Waals surface area contributed by atoms with Crippen molar-refractivity contribution in [3.05, 3.63) is 65.7 Å². The molecule has 1 N–H and O–H groups in total. The van der Waals surface area contributed by atoms with Crippen LogP contribution in [0.4, 0.5) is 4.39 Å². The lowest BCUT2D eigenvalue weighted by Gasteiger charge is -2.17. The Kier molecular flexibility index (Phi) is 4.23. The Labute approximate surface area is 111 Å². The van der Waals surface area contributed by atoms with E-state index in [2.05, 4.69) is 10.3 Å². The molecule has 4 heteroatoms. The van der Waals surface area contributed by atoms with Gasteiger partial charge in [0.05, 0.1) is 11.6 Å². The van der Waals surface area contributed by atoms with Gasteiger partial charge >= 0.3 is 0 Å². The number of carbonyl (C=O) groups excluding carboxylic acids is 1. The van der Waals surface area contributed by atoms with Crippen molar-refractivity contribution in [3.8, 4) is 0 Å². The lowest BCUT2D eigenvalue weighted by molar-refractivity contribution is 0.0930. The van der Waals surface area contributed by atoms with E-state index in [4.69, 9.17) is 0 Å². The number of pyridine rings is 1. The van der Waals surface area contributed by atoms with Crippen LogP contribution in [0.2, 0.25) is 0 Å². The molecule has 19 heavy (non-hydrogen) atoms. The summed E-state index contributed by atoms with van der Waals surface area (Å²) in [4.78, 5) is 15.5. The van der Waals surface area contributed by atoms with Crippen molar-refractivity contribution in [1.29, 1.82) is 0 Å². The van der Waals surface area contributed by atoms with Crippen LogP contribution < -0.4 is 5.32 Å². The zero-order chi connectivity index (χ0) is 13.7. The van der Waals surface area contributed by atoms with Gasteiger partial charge in [0, 0.05) is 6.20 Å². The fraction of sp³-hybridized carbons (Fsp3) is 0.200. The third kappa shape index (κ3) is 3.16. The molecule has 2 aromatic rings. The number of hydrogen-bond acceptors (Lipinski definition) is 2. The molecule has 1 amide bonds. The summed E-state index contributed by atoms with van der Waals surface area (Å²) < 4.78 is 13.4. The van der Waals surface area contributed by atoms with Crippen LogP contribution in [0.15, 0.2) is 48.7 Å². The van der Waals surface area contributed by atoms with Gasteiger partial charge in [0.2, 0.25) is 5.95 Å². The van der Waals surface area contributed by atoms with E-state index in [0.29, 0.717) is 0 Å². The summed E-state index contributed by atoms with van der Waals surface area (Å²) in [5, 5.41) is 2.82. The molecule has 0 spiro atoms. The van der Waals surface area contributed by atoms with Gasteiger partial charge in [0.15, 0.2) is 0 Å². The second-order valence-electron chi connectivity index (χ2n) is 4.19. The Morgan fingerprint density at radius 3 is 2.63 bits per heavy atom. The van der Waals surface area contributed by atoms with Crippen LogP contribution in [-0.4, -0.2) is 10.9 Å². The molecule has 98 valence electrons. The summed E-state index contributed by atoms with van der Waals surface area (Å²) in [6.45, 7) is 1.97. The van der Waals surface area contributed by atoms with E-state index in [1.807, 2.05) is 37.3 Å². The Balaban J connectivity index is 2.16. The molecule has 0 aliphatic carbocycles. The van der Waals surface area contributed by atoms with E-state index in [-0.39, 0.29) is 11.6 Å². The lowest BCUT2D eigenvalue weighted by atomic mass is 10.0. The Morgan fingerprint density at radius 1 is 1.26 bits per heavy atom. The Hall–Kier alpha value is -2.23. The maximum absolute atomic E-state index is 13.4. The predicted octanol–water partition coefficient (Wildman–Crippen LogP) is 3.10. The Morgan fingerprint density at radius 2 is 2.00 bits per heavy atom. The maximum Gasteiger partial charge on any atom is 0.256 e. The van der Waals surface area contributed by atoms with Gasteiger partial charge in [-0.25, -0.2) is 4.98 Å². The van der Waals surface area contributed by atoms with E-state index < -0.39 is 11.9 Å². The number of benzene rings is 1. The van der Waals surface area contributed by atoms with E-state index in [9.17, 15) is 9.18 Å². The van der Waals surface area contributed by atoms with E-state index >= 15 is 0 Å². The van der Waals surface area contributed by atoms with E-state index in [1.54, 1.807) is 6.07 Å². The fourth-order valence-corrected chi connectivity index (χ4v) is 1.90. The first-order chi connectivity index (χ1) is 9.22. The predicted molar refractivity (Wildman–Crippen MR) is 71.1 cm³/mol. The zero-order valence-electron chi connectivity index (χ0n) is 10.6. The Bertz CT molecular complexity index is 557. The summed E-state index contributed by atoms with van der Waals surface area (Å²) in [7, 11) is 0. The van der Waals surface area contributed by atoms with Crippen LogP contribution in [0.3, 0.4) is 0 Å². The summed E-state index contributed by atoms with van der Waals surface area (Å²) in [5.41, 5.74) is 0.972. The highest BCUT2D eigenvalue weighted by atomic mass is 19.1. The molecule has 0 bridgehead atoms. The average molecular weight is 258 g/mol. The molecule has 3 nitrogen and oxygen atoms in total. The molecule has 2 rings (SSSR count). The SMILES string of the molecule is CCC(NC(=O)c1cccnc1F)c1ccccc1. The molecule has 1 heterocycles. The van der Waals surface area contributed by atoms with Gasteiger partial charge in [-0.2, -0.15) is 4.39 Å². The topological polar surface area (TPSA) is 42.0 Å². The molecular weight excluding hydrogens is 243 g/mol. The maximum atomic E-state index is 13.4. The number of nitrogens with one attached hydrogen (secondary N) is 1. The van der Waals surface area contributed by atoms with Crippen molar-refractivity contribution in [2.24, 2.45) is 0 Å². The molecule has 1 aromatic carbocycles. The summed E-state index contributed by atoms with van der Waals surface area (Å²) in [5.74, 6) is -1.19. The number of aromatic nitrogens is 1. The van der Waals surface area contributed by atoms with Gasteiger partial charge in [0.1, 0.15) is 0 Å². The number of nitrogens with zero attached hydrogens (tertiary/aromatic N) is 1. The van der Waals surface area contributed by atoms with Crippen molar-refractivity contribution in [1.82, 2.24) is 10.3 Å². The zero-order valence-corrected chi connectivity index (χ0v) is 10.6. The lowest BCUT2D eigenvalue weighted by Crippen LogP contribution is -2.29. The normalized spacial score (nSPS) is 11.9. The first-order valence-corrected chi connectivity index (χ1v) is 6.18. The first kappa shape index (κ1) is 13.2. The van der Waals surface area contributed by atoms with Crippen LogP contribution in [0.1, 0.15) is 35.3 Å². The van der Waals surface area contributed by atoms with Gasteiger partial charge in [-0.05, 0) is 24.1 Å². The van der Waals surface area contributed by atoms with Gasteiger partial charge in [0.25, 0.3) is 5.91 Å². The highest BCUT2D eigenvalue weighted by Crippen LogP contribution is 2.17. The van der Waals surface area contributed by atoms with Gasteiger partial charge in [-0.15, -0.1) is 0 Å². The average Bonchev–Trinajstić information content (AvgIpc) is 2.46. The largest absolute Gasteiger partial charge is 0.345 e. The molecule has 1 aromatic heterocycles. The highest BCUT2D eigenvalue weighted by molar-refractivity contribution is 5.94. The second kappa shape index (κ2) is 6.09. The minimum atomic E-state index is -0.747. The number of rotatable bonds is 4. The molecule has 0 fully saturated rings. The minimum Gasteiger partial charge on any atom is -0.345 e. The van der Waals surface area contributed by atoms with Crippen molar-refractivity contribution >= 4 is 5.91 Å². The van der Waals surface area contributed by atoms with Crippen LogP contribution in [0, 0.1) is 5.95 Å². The summed E-state index contributed by atoms with van der Waals surface area (Å²) in [6, 6.07) is 12.5. The third-order valence-electron chi connectivity index (χ3n) is 2.92. The summed E-state index contributed by atoms with van der Waals surface area (Å²) in [6.07, 6.45) is 2.05. The number of carbonyl (C=O) groups is 1. The molecule has 1 unspecified atom stereocenters. The van der Waals surface area contributed by atoms with Crippen LogP contribution in [-0.2, 0) is 0 Å². The molecule has 0 aliphatic heterocycles. The van der Waals surface area contributed by atoms with Crippen molar-refractivity contribution in [3.63, 3.8) is 0 Å². The number of amides is 1. The smallest absolute Gasteiger partial charge is 0.256 e. The van der Waals surface area contributed by atoms with Crippen molar-refractivity contribution < 1.29 is 9.18 Å². The number of hydrogen-bond donors (Lipinski definition) is 1. The van der Waals surface area contributed by atoms with Gasteiger partial charge in [-0.1, -0.05) is 37.3 Å². The monoisotopic (exact) mass is 258 g/mol. The quantitative estimate of drug-likeness (QED) is 0.856. The van der Waals surface area contributed by atoms with Crippen molar-refractivity contribution in [2.75, 3.05) is 0 Å². The molecule has 0 saturated carbocycles. The summed E-state index contributed by atoms with van der Waals surface area (Å²) >= 11 is 0.